The first-order valence-corrected chi connectivity index (χ1v) is 8.22. The van der Waals surface area contributed by atoms with Crippen LogP contribution in [0.1, 0.15) is 10.4 Å². The van der Waals surface area contributed by atoms with Crippen LogP contribution in [0.25, 0.3) is 5.69 Å². The number of rotatable bonds is 6. The van der Waals surface area contributed by atoms with Gasteiger partial charge < -0.3 is 10.4 Å². The quantitative estimate of drug-likeness (QED) is 0.412. The summed E-state index contributed by atoms with van der Waals surface area (Å²) in [5.74, 6) is -1.40. The minimum Gasteiger partial charge on any atom is -0.478 e. The van der Waals surface area contributed by atoms with Crippen LogP contribution in [-0.4, -0.2) is 42.9 Å². The summed E-state index contributed by atoms with van der Waals surface area (Å²) < 4.78 is 1.53. The zero-order valence-corrected chi connectivity index (χ0v) is 17.8. The number of para-hydroxylation sites is 2. The number of carbonyl (C=O) groups is 2. The largest absolute Gasteiger partial charge is 1.00 e. The first-order chi connectivity index (χ1) is 12.1. The van der Waals surface area contributed by atoms with Crippen LogP contribution in [0.15, 0.2) is 59.8 Å². The Morgan fingerprint density at radius 2 is 1.77 bits per heavy atom. The number of nitrogens with zero attached hydrogens (tertiary/aromatic N) is 4. The van der Waals surface area contributed by atoms with E-state index in [1.807, 2.05) is 30.3 Å². The number of carbonyl (C=O) groups excluding carboxylic acids is 1. The van der Waals surface area contributed by atoms with E-state index in [-0.39, 0.29) is 74.3 Å². The molecule has 0 spiro atoms. The Labute approximate surface area is 195 Å². The summed E-state index contributed by atoms with van der Waals surface area (Å²) in [5, 5.41) is 23.6. The molecule has 0 bridgehead atoms. The molecule has 8 nitrogen and oxygen atoms in total. The molecule has 0 aliphatic carbocycles. The summed E-state index contributed by atoms with van der Waals surface area (Å²) in [7, 11) is 0. The van der Waals surface area contributed by atoms with Crippen LogP contribution in [0.4, 0.5) is 5.69 Å². The van der Waals surface area contributed by atoms with Gasteiger partial charge in [-0.1, -0.05) is 42.1 Å². The van der Waals surface area contributed by atoms with Gasteiger partial charge in [-0.15, -0.1) is 5.10 Å². The van der Waals surface area contributed by atoms with Gasteiger partial charge in [0.2, 0.25) is 11.1 Å². The second kappa shape index (κ2) is 9.95. The summed E-state index contributed by atoms with van der Waals surface area (Å²) in [5.41, 5.74) is 1.07. The van der Waals surface area contributed by atoms with Gasteiger partial charge in [0, 0.05) is 0 Å². The second-order valence-electron chi connectivity index (χ2n) is 4.90. The zero-order chi connectivity index (χ0) is 17.6. The average Bonchev–Trinajstić information content (AvgIpc) is 3.09. The number of benzene rings is 2. The molecule has 26 heavy (non-hydrogen) atoms. The molecule has 1 amide bonds. The zero-order valence-electron chi connectivity index (χ0n) is 13.9. The Morgan fingerprint density at radius 1 is 1.08 bits per heavy atom. The molecule has 126 valence electrons. The van der Waals surface area contributed by atoms with Crippen molar-refractivity contribution in [3.05, 3.63) is 60.2 Å². The Bertz CT molecular complexity index is 904. The Hall–Kier alpha value is -1.56. The van der Waals surface area contributed by atoms with Gasteiger partial charge in [-0.3, -0.25) is 4.79 Å². The minimum absolute atomic E-state index is 0. The summed E-state index contributed by atoms with van der Waals surface area (Å²) in [6.45, 7) is 0. The Morgan fingerprint density at radius 3 is 2.50 bits per heavy atom. The summed E-state index contributed by atoms with van der Waals surface area (Å²) >= 11 is 1.16. The third kappa shape index (κ3) is 5.22. The number of hydrogen-bond donors (Lipinski definition) is 2. The second-order valence-corrected chi connectivity index (χ2v) is 5.84. The number of hydrogen-bond acceptors (Lipinski definition) is 6. The molecule has 2 N–H and O–H groups in total. The fourth-order valence-electron chi connectivity index (χ4n) is 2.10. The topological polar surface area (TPSA) is 110 Å². The third-order valence-corrected chi connectivity index (χ3v) is 4.12. The van der Waals surface area contributed by atoms with Crippen LogP contribution in [0.2, 0.25) is 0 Å². The Kier molecular flexibility index (Phi) is 7.94. The van der Waals surface area contributed by atoms with E-state index in [9.17, 15) is 9.59 Å². The smallest absolute Gasteiger partial charge is 0.478 e. The maximum Gasteiger partial charge on any atom is 1.00 e. The summed E-state index contributed by atoms with van der Waals surface area (Å²) in [4.78, 5) is 23.3. The molecule has 1 heterocycles. The normalized spacial score (nSPS) is 10.0. The minimum atomic E-state index is -1.10. The number of carboxylic acids is 1. The molecule has 0 saturated carbocycles. The molecule has 0 saturated heterocycles. The number of thioether (sulfide) groups is 1. The van der Waals surface area contributed by atoms with Crippen molar-refractivity contribution in [2.24, 2.45) is 0 Å². The van der Waals surface area contributed by atoms with Crippen LogP contribution in [0.3, 0.4) is 0 Å². The molecule has 0 atom stereocenters. The average molecular weight is 394 g/mol. The van der Waals surface area contributed by atoms with E-state index in [1.54, 1.807) is 18.2 Å². The van der Waals surface area contributed by atoms with Gasteiger partial charge in [0.15, 0.2) is 0 Å². The molecule has 0 aliphatic heterocycles. The van der Waals surface area contributed by atoms with Gasteiger partial charge in [-0.25, -0.2) is 4.79 Å². The van der Waals surface area contributed by atoms with Gasteiger partial charge >= 0.3 is 57.4 Å². The van der Waals surface area contributed by atoms with Crippen LogP contribution in [0.5, 0.6) is 0 Å². The number of aromatic carboxylic acids is 1. The maximum absolute atomic E-state index is 12.1. The number of tetrazole rings is 1. The molecule has 0 fully saturated rings. The van der Waals surface area contributed by atoms with E-state index in [0.717, 1.165) is 17.4 Å². The molecule has 0 aliphatic rings. The number of anilines is 1. The van der Waals surface area contributed by atoms with Gasteiger partial charge in [-0.05, 0) is 34.7 Å². The fourth-order valence-corrected chi connectivity index (χ4v) is 2.79. The monoisotopic (exact) mass is 394 g/mol. The Balaban J connectivity index is 0.00000243. The van der Waals surface area contributed by atoms with Gasteiger partial charge in [0.1, 0.15) is 0 Å². The van der Waals surface area contributed by atoms with E-state index < -0.39 is 5.97 Å². The van der Waals surface area contributed by atoms with Crippen molar-refractivity contribution in [2.75, 3.05) is 11.1 Å². The van der Waals surface area contributed by atoms with Gasteiger partial charge in [0.25, 0.3) is 0 Å². The molecule has 1 aromatic heterocycles. The predicted molar refractivity (Wildman–Crippen MR) is 91.9 cm³/mol. The number of carboxylic acid groups (broad SMARTS) is 1. The number of amides is 1. The maximum atomic E-state index is 12.1. The van der Waals surface area contributed by atoms with E-state index in [2.05, 4.69) is 20.8 Å². The number of aromatic nitrogens is 4. The van der Waals surface area contributed by atoms with Crippen molar-refractivity contribution in [1.82, 2.24) is 20.2 Å². The summed E-state index contributed by atoms with van der Waals surface area (Å²) in [6.07, 6.45) is 0. The van der Waals surface area contributed by atoms with E-state index >= 15 is 0 Å². The molecule has 3 aromatic rings. The van der Waals surface area contributed by atoms with Gasteiger partial charge in [-0.2, -0.15) is 4.68 Å². The van der Waals surface area contributed by atoms with E-state index in [0.29, 0.717) is 5.16 Å². The van der Waals surface area contributed by atoms with Crippen LogP contribution >= 0.6 is 11.8 Å². The van der Waals surface area contributed by atoms with Crippen molar-refractivity contribution in [2.45, 2.75) is 5.16 Å². The molecular formula is C16H13KN5O3S+. The van der Waals surface area contributed by atoms with Crippen LogP contribution in [-0.2, 0) is 4.79 Å². The van der Waals surface area contributed by atoms with E-state index in [1.165, 1.54) is 10.7 Å². The van der Waals surface area contributed by atoms with E-state index in [4.69, 9.17) is 5.11 Å². The predicted octanol–water partition coefficient (Wildman–Crippen LogP) is -0.905. The first kappa shape index (κ1) is 20.7. The standard InChI is InChI=1S/C16H13N5O3S.K/c22-14(17-13-9-5-4-8-12(13)15(23)24)10-25-16-18-19-20-21(16)11-6-2-1-3-7-11;/h1-9H,10H2,(H,17,22)(H,23,24);/q;+1. The van der Waals surface area contributed by atoms with Crippen molar-refractivity contribution >= 4 is 29.3 Å². The molecule has 3 rings (SSSR count). The molecule has 2 aromatic carbocycles. The van der Waals surface area contributed by atoms with Gasteiger partial charge in [0.05, 0.1) is 22.7 Å². The molecule has 0 unspecified atom stereocenters. The molecule has 0 radical (unpaired) electrons. The SMILES string of the molecule is O=C(CSc1nnnn1-c1ccccc1)Nc1ccccc1C(=O)O.[K+]. The van der Waals surface area contributed by atoms with Crippen molar-refractivity contribution in [3.8, 4) is 5.69 Å². The fraction of sp³-hybridized carbons (Fsp3) is 0.0625. The van der Waals surface area contributed by atoms with Crippen molar-refractivity contribution in [1.29, 1.82) is 0 Å². The number of nitrogens with one attached hydrogen (secondary N) is 1. The van der Waals surface area contributed by atoms with Crippen molar-refractivity contribution < 1.29 is 66.1 Å². The van der Waals surface area contributed by atoms with Crippen molar-refractivity contribution in [3.63, 3.8) is 0 Å². The third-order valence-electron chi connectivity index (χ3n) is 3.21. The first-order valence-electron chi connectivity index (χ1n) is 7.24. The van der Waals surface area contributed by atoms with Crippen LogP contribution < -0.4 is 56.7 Å². The molecular weight excluding hydrogens is 381 g/mol. The van der Waals surface area contributed by atoms with Crippen LogP contribution in [0, 0.1) is 0 Å². The summed E-state index contributed by atoms with van der Waals surface area (Å²) in [6, 6.07) is 15.5. The molecule has 10 heteroatoms.